The number of thiophene rings is 1. The highest BCUT2D eigenvalue weighted by Crippen LogP contribution is 2.25. The van der Waals surface area contributed by atoms with Crippen LogP contribution in [0, 0.1) is 5.92 Å². The molecule has 90 valence electrons. The van der Waals surface area contributed by atoms with Crippen LogP contribution in [0.4, 0.5) is 0 Å². The van der Waals surface area contributed by atoms with Crippen LogP contribution in [0.2, 0.25) is 4.34 Å². The molecule has 1 fully saturated rings. The lowest BCUT2D eigenvalue weighted by atomic mass is 9.95. The van der Waals surface area contributed by atoms with Crippen molar-refractivity contribution in [2.24, 2.45) is 5.92 Å². The van der Waals surface area contributed by atoms with Crippen molar-refractivity contribution in [1.82, 2.24) is 4.90 Å². The molecule has 0 bridgehead atoms. The van der Waals surface area contributed by atoms with Crippen molar-refractivity contribution in [2.75, 3.05) is 19.7 Å². The van der Waals surface area contributed by atoms with Crippen molar-refractivity contribution >= 4 is 22.9 Å². The number of aliphatic hydroxyl groups is 1. The second-order valence-corrected chi connectivity index (χ2v) is 6.26. The van der Waals surface area contributed by atoms with Gasteiger partial charge in [0.15, 0.2) is 0 Å². The quantitative estimate of drug-likeness (QED) is 0.899. The van der Waals surface area contributed by atoms with E-state index in [2.05, 4.69) is 11.0 Å². The normalized spacial score (nSPS) is 22.5. The Bertz CT molecular complexity index is 327. The summed E-state index contributed by atoms with van der Waals surface area (Å²) >= 11 is 7.59. The third-order valence-corrected chi connectivity index (χ3v) is 4.36. The minimum Gasteiger partial charge on any atom is -0.396 e. The van der Waals surface area contributed by atoms with Crippen LogP contribution in [0.3, 0.4) is 0 Å². The lowest BCUT2D eigenvalue weighted by Gasteiger charge is -2.32. The third kappa shape index (κ3) is 3.45. The molecular weight excluding hydrogens is 242 g/mol. The molecule has 1 saturated heterocycles. The number of halogens is 1. The molecule has 2 heterocycles. The van der Waals surface area contributed by atoms with Gasteiger partial charge in [0.05, 0.1) is 4.34 Å². The number of likely N-dealkylation sites (tertiary alicyclic amines) is 1. The predicted molar refractivity (Wildman–Crippen MR) is 69.0 cm³/mol. The van der Waals surface area contributed by atoms with Crippen LogP contribution in [-0.4, -0.2) is 29.7 Å². The van der Waals surface area contributed by atoms with Crippen molar-refractivity contribution in [3.63, 3.8) is 0 Å². The third-order valence-electron chi connectivity index (χ3n) is 3.15. The van der Waals surface area contributed by atoms with Crippen LogP contribution in [0.25, 0.3) is 0 Å². The number of piperidine rings is 1. The fourth-order valence-corrected chi connectivity index (χ4v) is 3.50. The van der Waals surface area contributed by atoms with E-state index in [1.54, 1.807) is 11.3 Å². The molecule has 16 heavy (non-hydrogen) atoms. The minimum absolute atomic E-state index is 0.323. The Balaban J connectivity index is 1.85. The van der Waals surface area contributed by atoms with Gasteiger partial charge in [-0.2, -0.15) is 0 Å². The van der Waals surface area contributed by atoms with Crippen LogP contribution in [0.15, 0.2) is 12.1 Å². The molecule has 0 spiro atoms. The second-order valence-electron chi connectivity index (χ2n) is 4.46. The zero-order chi connectivity index (χ0) is 11.4. The lowest BCUT2D eigenvalue weighted by molar-refractivity contribution is 0.143. The van der Waals surface area contributed by atoms with Gasteiger partial charge in [-0.25, -0.2) is 0 Å². The molecule has 1 atom stereocenters. The highest BCUT2D eigenvalue weighted by atomic mass is 35.5. The van der Waals surface area contributed by atoms with E-state index in [9.17, 15) is 0 Å². The molecule has 0 aromatic carbocycles. The maximum absolute atomic E-state index is 8.96. The predicted octanol–water partition coefficient (Wildman–Crippen LogP) is 3.00. The zero-order valence-corrected chi connectivity index (χ0v) is 10.9. The molecule has 1 aliphatic heterocycles. The average Bonchev–Trinajstić information content (AvgIpc) is 2.65. The summed E-state index contributed by atoms with van der Waals surface area (Å²) in [5.74, 6) is 0.675. The SMILES string of the molecule is OCCC1CCCN(Cc2ccc(Cl)s2)C1. The summed E-state index contributed by atoms with van der Waals surface area (Å²) in [6, 6.07) is 4.08. The Morgan fingerprint density at radius 1 is 1.50 bits per heavy atom. The summed E-state index contributed by atoms with van der Waals surface area (Å²) in [5, 5.41) is 8.96. The molecule has 2 rings (SSSR count). The molecule has 1 aromatic heterocycles. The summed E-state index contributed by atoms with van der Waals surface area (Å²) < 4.78 is 0.874. The van der Waals surface area contributed by atoms with E-state index in [1.165, 1.54) is 24.3 Å². The summed E-state index contributed by atoms with van der Waals surface area (Å²) in [7, 11) is 0. The van der Waals surface area contributed by atoms with Crippen molar-refractivity contribution in [1.29, 1.82) is 0 Å². The van der Waals surface area contributed by atoms with E-state index in [1.807, 2.05) is 6.07 Å². The fourth-order valence-electron chi connectivity index (χ4n) is 2.37. The molecular formula is C12H18ClNOS. The number of aliphatic hydroxyl groups excluding tert-OH is 1. The maximum Gasteiger partial charge on any atom is 0.0931 e. The van der Waals surface area contributed by atoms with Crippen molar-refractivity contribution in [3.8, 4) is 0 Å². The van der Waals surface area contributed by atoms with Crippen LogP contribution in [0.5, 0.6) is 0 Å². The van der Waals surface area contributed by atoms with E-state index in [0.717, 1.165) is 23.8 Å². The molecule has 1 N–H and O–H groups in total. The molecule has 0 aliphatic carbocycles. The van der Waals surface area contributed by atoms with Crippen LogP contribution in [-0.2, 0) is 6.54 Å². The summed E-state index contributed by atoms with van der Waals surface area (Å²) in [5.41, 5.74) is 0. The second kappa shape index (κ2) is 6.01. The van der Waals surface area contributed by atoms with Crippen LogP contribution in [0.1, 0.15) is 24.1 Å². The summed E-state index contributed by atoms with van der Waals surface area (Å²) in [6.07, 6.45) is 3.47. The zero-order valence-electron chi connectivity index (χ0n) is 9.36. The van der Waals surface area contributed by atoms with Gasteiger partial charge in [0, 0.05) is 24.6 Å². The van der Waals surface area contributed by atoms with Gasteiger partial charge in [-0.1, -0.05) is 11.6 Å². The smallest absolute Gasteiger partial charge is 0.0931 e. The number of rotatable bonds is 4. The number of hydrogen-bond acceptors (Lipinski definition) is 3. The van der Waals surface area contributed by atoms with Crippen LogP contribution >= 0.6 is 22.9 Å². The first-order chi connectivity index (χ1) is 7.78. The molecule has 0 radical (unpaired) electrons. The lowest BCUT2D eigenvalue weighted by Crippen LogP contribution is -2.35. The Kier molecular flexibility index (Phi) is 4.65. The maximum atomic E-state index is 8.96. The molecule has 1 unspecified atom stereocenters. The van der Waals surface area contributed by atoms with Crippen molar-refractivity contribution in [3.05, 3.63) is 21.3 Å². The minimum atomic E-state index is 0.323. The highest BCUT2D eigenvalue weighted by molar-refractivity contribution is 7.16. The Morgan fingerprint density at radius 2 is 2.38 bits per heavy atom. The van der Waals surface area contributed by atoms with E-state index >= 15 is 0 Å². The topological polar surface area (TPSA) is 23.5 Å². The van der Waals surface area contributed by atoms with E-state index in [-0.39, 0.29) is 0 Å². The van der Waals surface area contributed by atoms with Gasteiger partial charge >= 0.3 is 0 Å². The summed E-state index contributed by atoms with van der Waals surface area (Å²) in [6.45, 7) is 3.64. The van der Waals surface area contributed by atoms with Gasteiger partial charge in [0.2, 0.25) is 0 Å². The molecule has 2 nitrogen and oxygen atoms in total. The Labute approximate surface area is 106 Å². The summed E-state index contributed by atoms with van der Waals surface area (Å²) in [4.78, 5) is 3.82. The highest BCUT2D eigenvalue weighted by Gasteiger charge is 2.19. The Hall–Kier alpha value is -0.0900. The molecule has 1 aliphatic rings. The van der Waals surface area contributed by atoms with Gasteiger partial charge in [-0.05, 0) is 43.9 Å². The van der Waals surface area contributed by atoms with Gasteiger partial charge in [0.25, 0.3) is 0 Å². The van der Waals surface area contributed by atoms with Gasteiger partial charge in [-0.3, -0.25) is 4.90 Å². The van der Waals surface area contributed by atoms with Gasteiger partial charge in [-0.15, -0.1) is 11.3 Å². The van der Waals surface area contributed by atoms with E-state index < -0.39 is 0 Å². The largest absolute Gasteiger partial charge is 0.396 e. The molecule has 0 amide bonds. The van der Waals surface area contributed by atoms with E-state index in [0.29, 0.717) is 12.5 Å². The first-order valence-corrected chi connectivity index (χ1v) is 7.05. The van der Waals surface area contributed by atoms with Gasteiger partial charge in [0.1, 0.15) is 0 Å². The van der Waals surface area contributed by atoms with E-state index in [4.69, 9.17) is 16.7 Å². The molecule has 4 heteroatoms. The number of nitrogens with zero attached hydrogens (tertiary/aromatic N) is 1. The fraction of sp³-hybridized carbons (Fsp3) is 0.667. The monoisotopic (exact) mass is 259 g/mol. The number of hydrogen-bond donors (Lipinski definition) is 1. The van der Waals surface area contributed by atoms with Crippen molar-refractivity contribution < 1.29 is 5.11 Å². The standard InChI is InChI=1S/C12H18ClNOS/c13-12-4-3-11(16-12)9-14-6-1-2-10(8-14)5-7-15/h3-4,10,15H,1-2,5-9H2. The first-order valence-electron chi connectivity index (χ1n) is 5.85. The van der Waals surface area contributed by atoms with Crippen LogP contribution < -0.4 is 0 Å². The van der Waals surface area contributed by atoms with Crippen molar-refractivity contribution in [2.45, 2.75) is 25.8 Å². The molecule has 1 aromatic rings. The molecule has 0 saturated carbocycles. The average molecular weight is 260 g/mol. The Morgan fingerprint density at radius 3 is 3.06 bits per heavy atom. The van der Waals surface area contributed by atoms with Gasteiger partial charge < -0.3 is 5.11 Å². The first kappa shape index (κ1) is 12.4.